The van der Waals surface area contributed by atoms with Crippen LogP contribution in [0.4, 0.5) is 0 Å². The first-order valence-corrected chi connectivity index (χ1v) is 6.92. The molecule has 0 radical (unpaired) electrons. The first-order valence-electron chi connectivity index (χ1n) is 6.92. The van der Waals surface area contributed by atoms with E-state index in [9.17, 15) is 0 Å². The number of aromatic nitrogens is 2. The molecule has 0 bridgehead atoms. The van der Waals surface area contributed by atoms with Crippen molar-refractivity contribution in [3.8, 4) is 0 Å². The molecule has 0 aliphatic rings. The molecule has 0 amide bonds. The Bertz CT molecular complexity index is 231. The average Bonchev–Trinajstić information content (AvgIpc) is 2.81. The van der Waals surface area contributed by atoms with Crippen molar-refractivity contribution in [3.63, 3.8) is 0 Å². The molecule has 1 N–H and O–H groups in total. The van der Waals surface area contributed by atoms with Crippen LogP contribution in [-0.4, -0.2) is 4.98 Å². The predicted molar refractivity (Wildman–Crippen MR) is 68.3 cm³/mol. The second kappa shape index (κ2) is 8.37. The van der Waals surface area contributed by atoms with Crippen molar-refractivity contribution in [2.24, 2.45) is 0 Å². The van der Waals surface area contributed by atoms with Gasteiger partial charge in [-0.05, 0) is 25.7 Å². The normalized spacial score (nSPS) is 11.2. The highest BCUT2D eigenvalue weighted by atomic mass is 15.0. The minimum atomic E-state index is 0.712. The molecule has 1 rings (SSSR count). The summed E-state index contributed by atoms with van der Waals surface area (Å²) in [5.41, 5.74) is 0. The Morgan fingerprint density at radius 2 is 1.62 bits per heavy atom. The van der Waals surface area contributed by atoms with Gasteiger partial charge in [-0.25, -0.2) is 4.57 Å². The number of aromatic amines is 1. The van der Waals surface area contributed by atoms with Gasteiger partial charge in [0.15, 0.2) is 0 Å². The fraction of sp³-hybridized carbons (Fsp3) is 0.786. The van der Waals surface area contributed by atoms with Gasteiger partial charge in [0, 0.05) is 0 Å². The van der Waals surface area contributed by atoms with Crippen molar-refractivity contribution in [1.82, 2.24) is 4.98 Å². The standard InChI is InChI=1S/C14H26N2/c1-3-5-7-9-14(10-8-6-4-2)16-12-11-15-13-16/h11-14H,3-10H2,1-2H3/p+1. The van der Waals surface area contributed by atoms with Crippen molar-refractivity contribution in [2.75, 3.05) is 0 Å². The number of unbranched alkanes of at least 4 members (excludes halogenated alkanes) is 4. The van der Waals surface area contributed by atoms with E-state index in [2.05, 4.69) is 35.9 Å². The van der Waals surface area contributed by atoms with Crippen LogP contribution in [0, 0.1) is 0 Å². The van der Waals surface area contributed by atoms with E-state index in [0.717, 1.165) is 0 Å². The van der Waals surface area contributed by atoms with Crippen LogP contribution in [0.5, 0.6) is 0 Å². The van der Waals surface area contributed by atoms with Crippen LogP contribution < -0.4 is 4.57 Å². The molecule has 1 aromatic heterocycles. The molecule has 0 unspecified atom stereocenters. The summed E-state index contributed by atoms with van der Waals surface area (Å²) in [6, 6.07) is 0.712. The Balaban J connectivity index is 2.36. The topological polar surface area (TPSA) is 19.7 Å². The highest BCUT2D eigenvalue weighted by Gasteiger charge is 2.14. The minimum absolute atomic E-state index is 0.712. The van der Waals surface area contributed by atoms with E-state index in [-0.39, 0.29) is 0 Å². The fourth-order valence-electron chi connectivity index (χ4n) is 2.23. The number of nitrogens with one attached hydrogen (secondary N) is 1. The first kappa shape index (κ1) is 13.3. The van der Waals surface area contributed by atoms with Gasteiger partial charge in [0.05, 0.1) is 0 Å². The number of nitrogens with zero attached hydrogens (tertiary/aromatic N) is 1. The maximum atomic E-state index is 3.15. The van der Waals surface area contributed by atoms with Crippen LogP contribution in [-0.2, 0) is 0 Å². The molecule has 1 aromatic rings. The lowest BCUT2D eigenvalue weighted by Crippen LogP contribution is -2.37. The average molecular weight is 223 g/mol. The van der Waals surface area contributed by atoms with E-state index in [4.69, 9.17) is 0 Å². The molecule has 2 heteroatoms. The monoisotopic (exact) mass is 223 g/mol. The van der Waals surface area contributed by atoms with E-state index >= 15 is 0 Å². The van der Waals surface area contributed by atoms with Gasteiger partial charge in [-0.1, -0.05) is 39.5 Å². The maximum Gasteiger partial charge on any atom is 0.241 e. The number of imidazole rings is 1. The number of hydrogen-bond acceptors (Lipinski definition) is 0. The fourth-order valence-corrected chi connectivity index (χ4v) is 2.23. The van der Waals surface area contributed by atoms with Gasteiger partial charge in [-0.3, -0.25) is 4.98 Å². The smallest absolute Gasteiger partial charge is 0.241 e. The lowest BCUT2D eigenvalue weighted by molar-refractivity contribution is -0.723. The number of H-pyrrole nitrogens is 1. The molecule has 1 heterocycles. The molecule has 0 aliphatic carbocycles. The molecular formula is C14H27N2+. The van der Waals surface area contributed by atoms with E-state index in [1.807, 2.05) is 6.20 Å². The zero-order valence-corrected chi connectivity index (χ0v) is 10.9. The van der Waals surface area contributed by atoms with Crippen LogP contribution in [0.2, 0.25) is 0 Å². The largest absolute Gasteiger partial charge is 0.250 e. The Morgan fingerprint density at radius 3 is 2.06 bits per heavy atom. The summed E-state index contributed by atoms with van der Waals surface area (Å²) < 4.78 is 2.35. The molecule has 0 saturated carbocycles. The molecule has 2 nitrogen and oxygen atoms in total. The van der Waals surface area contributed by atoms with Gasteiger partial charge in [0.25, 0.3) is 0 Å². The summed E-state index contributed by atoms with van der Waals surface area (Å²) in [4.78, 5) is 3.15. The Hall–Kier alpha value is -0.790. The van der Waals surface area contributed by atoms with Crippen LogP contribution >= 0.6 is 0 Å². The third kappa shape index (κ3) is 4.82. The van der Waals surface area contributed by atoms with Crippen molar-refractivity contribution >= 4 is 0 Å². The van der Waals surface area contributed by atoms with Crippen LogP contribution in [0.3, 0.4) is 0 Å². The first-order chi connectivity index (χ1) is 7.88. The second-order valence-corrected chi connectivity index (χ2v) is 4.70. The molecule has 0 saturated heterocycles. The predicted octanol–water partition coefficient (Wildman–Crippen LogP) is 4.00. The molecule has 0 fully saturated rings. The highest BCUT2D eigenvalue weighted by Crippen LogP contribution is 2.17. The summed E-state index contributed by atoms with van der Waals surface area (Å²) in [5.74, 6) is 0. The molecule has 92 valence electrons. The van der Waals surface area contributed by atoms with Crippen LogP contribution in [0.15, 0.2) is 18.7 Å². The number of hydrogen-bond donors (Lipinski definition) is 1. The third-order valence-electron chi connectivity index (χ3n) is 3.27. The van der Waals surface area contributed by atoms with Crippen molar-refractivity contribution in [1.29, 1.82) is 0 Å². The zero-order chi connectivity index (χ0) is 11.6. The number of rotatable bonds is 9. The van der Waals surface area contributed by atoms with Gasteiger partial charge in [0.1, 0.15) is 18.4 Å². The second-order valence-electron chi connectivity index (χ2n) is 4.70. The summed E-state index contributed by atoms with van der Waals surface area (Å²) >= 11 is 0. The van der Waals surface area contributed by atoms with Crippen molar-refractivity contribution < 1.29 is 4.57 Å². The lowest BCUT2D eigenvalue weighted by Gasteiger charge is -2.13. The Kier molecular flexibility index (Phi) is 6.95. The molecule has 0 atom stereocenters. The summed E-state index contributed by atoms with van der Waals surface area (Å²) in [6.45, 7) is 4.55. The lowest BCUT2D eigenvalue weighted by atomic mass is 10.0. The van der Waals surface area contributed by atoms with Gasteiger partial charge in [0.2, 0.25) is 6.33 Å². The van der Waals surface area contributed by atoms with Crippen molar-refractivity contribution in [2.45, 2.75) is 71.3 Å². The van der Waals surface area contributed by atoms with Gasteiger partial charge < -0.3 is 0 Å². The third-order valence-corrected chi connectivity index (χ3v) is 3.27. The molecule has 16 heavy (non-hydrogen) atoms. The van der Waals surface area contributed by atoms with E-state index < -0.39 is 0 Å². The Labute approximate surface area is 100 Å². The Morgan fingerprint density at radius 1 is 1.00 bits per heavy atom. The zero-order valence-electron chi connectivity index (χ0n) is 10.9. The molecule has 0 spiro atoms. The van der Waals surface area contributed by atoms with E-state index in [1.165, 1.54) is 51.4 Å². The molecule has 0 aromatic carbocycles. The van der Waals surface area contributed by atoms with Gasteiger partial charge in [-0.2, -0.15) is 0 Å². The summed E-state index contributed by atoms with van der Waals surface area (Å²) in [6.07, 6.45) is 17.1. The van der Waals surface area contributed by atoms with Gasteiger partial charge in [-0.15, -0.1) is 0 Å². The van der Waals surface area contributed by atoms with Crippen LogP contribution in [0.1, 0.15) is 71.3 Å². The SMILES string of the molecule is CCCCCC(CCCCC)[n+]1cc[nH]c1. The molecular weight excluding hydrogens is 196 g/mol. The summed E-state index contributed by atoms with van der Waals surface area (Å²) in [5, 5.41) is 0. The van der Waals surface area contributed by atoms with E-state index in [0.29, 0.717) is 6.04 Å². The maximum absolute atomic E-state index is 3.15. The minimum Gasteiger partial charge on any atom is -0.250 e. The van der Waals surface area contributed by atoms with Gasteiger partial charge >= 0.3 is 0 Å². The van der Waals surface area contributed by atoms with Crippen molar-refractivity contribution in [3.05, 3.63) is 18.7 Å². The highest BCUT2D eigenvalue weighted by molar-refractivity contribution is 4.61. The summed E-state index contributed by atoms with van der Waals surface area (Å²) in [7, 11) is 0. The van der Waals surface area contributed by atoms with E-state index in [1.54, 1.807) is 0 Å². The van der Waals surface area contributed by atoms with Crippen LogP contribution in [0.25, 0.3) is 0 Å². The molecule has 0 aliphatic heterocycles. The quantitative estimate of drug-likeness (QED) is 0.482.